The summed E-state index contributed by atoms with van der Waals surface area (Å²) >= 11 is 0. The summed E-state index contributed by atoms with van der Waals surface area (Å²) in [6.07, 6.45) is 1.57. The molecule has 1 unspecified atom stereocenters. The molecule has 0 spiro atoms. The van der Waals surface area contributed by atoms with Crippen molar-refractivity contribution in [2.45, 2.75) is 37.1 Å². The lowest BCUT2D eigenvalue weighted by molar-refractivity contribution is -0.121. The van der Waals surface area contributed by atoms with Gasteiger partial charge in [-0.2, -0.15) is 0 Å². The van der Waals surface area contributed by atoms with E-state index in [0.29, 0.717) is 30.9 Å². The Bertz CT molecular complexity index is 945. The molecule has 28 heavy (non-hydrogen) atoms. The average Bonchev–Trinajstić information content (AvgIpc) is 2.84. The standard InChI is InChI=1S/C20H23FN2O4S/c1-2-22-28(25,26)16-8-5-14(6-9-16)12-20(24)23-18-4-3-11-27-19-13-15(21)7-10-17(18)19/h5-10,13,18,22H,2-4,11-12H2,1H3,(H,23,24). The van der Waals surface area contributed by atoms with E-state index in [1.807, 2.05) is 0 Å². The summed E-state index contributed by atoms with van der Waals surface area (Å²) in [6, 6.07) is 10.3. The summed E-state index contributed by atoms with van der Waals surface area (Å²) in [5.41, 5.74) is 1.47. The molecule has 0 radical (unpaired) electrons. The molecular weight excluding hydrogens is 383 g/mol. The summed E-state index contributed by atoms with van der Waals surface area (Å²) in [7, 11) is -3.51. The van der Waals surface area contributed by atoms with Gasteiger partial charge in [0.2, 0.25) is 15.9 Å². The van der Waals surface area contributed by atoms with E-state index in [4.69, 9.17) is 4.74 Å². The van der Waals surface area contributed by atoms with Crippen LogP contribution in [0.2, 0.25) is 0 Å². The average molecular weight is 406 g/mol. The summed E-state index contributed by atoms with van der Waals surface area (Å²) in [4.78, 5) is 12.7. The third-order valence-electron chi connectivity index (χ3n) is 4.51. The summed E-state index contributed by atoms with van der Waals surface area (Å²) in [6.45, 7) is 2.49. The van der Waals surface area contributed by atoms with Gasteiger partial charge >= 0.3 is 0 Å². The van der Waals surface area contributed by atoms with Crippen molar-refractivity contribution in [1.29, 1.82) is 0 Å². The first kappa shape index (κ1) is 20.3. The first-order chi connectivity index (χ1) is 13.4. The molecule has 1 aliphatic heterocycles. The fourth-order valence-electron chi connectivity index (χ4n) is 3.19. The van der Waals surface area contributed by atoms with Gasteiger partial charge in [0, 0.05) is 18.2 Å². The highest BCUT2D eigenvalue weighted by molar-refractivity contribution is 7.89. The van der Waals surface area contributed by atoms with E-state index in [9.17, 15) is 17.6 Å². The molecule has 2 N–H and O–H groups in total. The minimum absolute atomic E-state index is 0.120. The molecule has 6 nitrogen and oxygen atoms in total. The molecule has 1 heterocycles. The Morgan fingerprint density at radius 2 is 1.96 bits per heavy atom. The second kappa shape index (κ2) is 8.70. The van der Waals surface area contributed by atoms with E-state index in [2.05, 4.69) is 10.0 Å². The highest BCUT2D eigenvalue weighted by Gasteiger charge is 2.22. The van der Waals surface area contributed by atoms with Gasteiger partial charge in [-0.3, -0.25) is 4.79 Å². The smallest absolute Gasteiger partial charge is 0.240 e. The third kappa shape index (κ3) is 4.88. The quantitative estimate of drug-likeness (QED) is 0.773. The van der Waals surface area contributed by atoms with Crippen LogP contribution in [0.1, 0.15) is 36.9 Å². The van der Waals surface area contributed by atoms with Gasteiger partial charge in [0.15, 0.2) is 0 Å². The first-order valence-electron chi connectivity index (χ1n) is 9.19. The van der Waals surface area contributed by atoms with Crippen LogP contribution in [0.5, 0.6) is 5.75 Å². The Balaban J connectivity index is 1.68. The van der Waals surface area contributed by atoms with Crippen LogP contribution < -0.4 is 14.8 Å². The molecule has 1 amide bonds. The molecule has 3 rings (SSSR count). The van der Waals surface area contributed by atoms with E-state index in [1.165, 1.54) is 24.3 Å². The molecule has 1 aliphatic rings. The molecule has 2 aromatic carbocycles. The maximum absolute atomic E-state index is 13.5. The minimum Gasteiger partial charge on any atom is -0.493 e. The monoisotopic (exact) mass is 406 g/mol. The zero-order valence-electron chi connectivity index (χ0n) is 15.6. The van der Waals surface area contributed by atoms with Crippen molar-refractivity contribution in [3.05, 3.63) is 59.4 Å². The van der Waals surface area contributed by atoms with E-state index in [0.717, 1.165) is 12.0 Å². The SMILES string of the molecule is CCNS(=O)(=O)c1ccc(CC(=O)NC2CCCOc3cc(F)ccc32)cc1. The topological polar surface area (TPSA) is 84.5 Å². The van der Waals surface area contributed by atoms with E-state index in [-0.39, 0.29) is 29.1 Å². The molecule has 0 aliphatic carbocycles. The van der Waals surface area contributed by atoms with E-state index in [1.54, 1.807) is 25.1 Å². The maximum atomic E-state index is 13.5. The van der Waals surface area contributed by atoms with Crippen molar-refractivity contribution in [3.8, 4) is 5.75 Å². The van der Waals surface area contributed by atoms with Crippen LogP contribution in [0.3, 0.4) is 0 Å². The number of carbonyl (C=O) groups excluding carboxylic acids is 1. The normalized spacial score (nSPS) is 16.6. The van der Waals surface area contributed by atoms with Gasteiger partial charge in [-0.05, 0) is 36.6 Å². The predicted octanol–water partition coefficient (Wildman–Crippen LogP) is 2.70. The molecule has 150 valence electrons. The van der Waals surface area contributed by atoms with Crippen LogP contribution in [0.15, 0.2) is 47.4 Å². The van der Waals surface area contributed by atoms with Crippen LogP contribution in [0, 0.1) is 5.82 Å². The highest BCUT2D eigenvalue weighted by atomic mass is 32.2. The Hall–Kier alpha value is -2.45. The lowest BCUT2D eigenvalue weighted by atomic mass is 10.0. The van der Waals surface area contributed by atoms with Crippen molar-refractivity contribution >= 4 is 15.9 Å². The maximum Gasteiger partial charge on any atom is 0.240 e. The number of hydrogen-bond donors (Lipinski definition) is 2. The molecule has 0 saturated heterocycles. The fraction of sp³-hybridized carbons (Fsp3) is 0.350. The Kier molecular flexibility index (Phi) is 6.31. The zero-order chi connectivity index (χ0) is 20.1. The summed E-state index contributed by atoms with van der Waals surface area (Å²) in [5.74, 6) is -0.108. The zero-order valence-corrected chi connectivity index (χ0v) is 16.4. The Morgan fingerprint density at radius 1 is 1.21 bits per heavy atom. The lowest BCUT2D eigenvalue weighted by Crippen LogP contribution is -2.29. The predicted molar refractivity (Wildman–Crippen MR) is 103 cm³/mol. The van der Waals surface area contributed by atoms with Crippen LogP contribution in [-0.4, -0.2) is 27.5 Å². The Labute approximate surface area is 164 Å². The molecule has 0 bridgehead atoms. The van der Waals surface area contributed by atoms with Gasteiger partial charge in [0.05, 0.1) is 24.0 Å². The molecule has 2 aromatic rings. The van der Waals surface area contributed by atoms with E-state index >= 15 is 0 Å². The molecule has 0 fully saturated rings. The van der Waals surface area contributed by atoms with Gasteiger partial charge in [-0.25, -0.2) is 17.5 Å². The van der Waals surface area contributed by atoms with Gasteiger partial charge in [0.25, 0.3) is 0 Å². The van der Waals surface area contributed by atoms with Crippen molar-refractivity contribution in [2.24, 2.45) is 0 Å². The van der Waals surface area contributed by atoms with Crippen LogP contribution in [0.25, 0.3) is 0 Å². The minimum atomic E-state index is -3.51. The van der Waals surface area contributed by atoms with E-state index < -0.39 is 10.0 Å². The van der Waals surface area contributed by atoms with Crippen LogP contribution >= 0.6 is 0 Å². The Morgan fingerprint density at radius 3 is 2.68 bits per heavy atom. The van der Waals surface area contributed by atoms with Gasteiger partial charge in [-0.15, -0.1) is 0 Å². The second-order valence-electron chi connectivity index (χ2n) is 6.61. The number of rotatable bonds is 6. The van der Waals surface area contributed by atoms with Crippen LogP contribution in [-0.2, 0) is 21.2 Å². The number of hydrogen-bond acceptors (Lipinski definition) is 4. The number of sulfonamides is 1. The largest absolute Gasteiger partial charge is 0.493 e. The van der Waals surface area contributed by atoms with Crippen molar-refractivity contribution in [3.63, 3.8) is 0 Å². The van der Waals surface area contributed by atoms with Crippen molar-refractivity contribution in [1.82, 2.24) is 10.0 Å². The molecule has 0 aromatic heterocycles. The number of halogens is 1. The van der Waals surface area contributed by atoms with Gasteiger partial charge in [-0.1, -0.05) is 25.1 Å². The number of fused-ring (bicyclic) bond motifs is 1. The summed E-state index contributed by atoms with van der Waals surface area (Å²) < 4.78 is 45.4. The lowest BCUT2D eigenvalue weighted by Gasteiger charge is -2.18. The molecule has 8 heteroatoms. The van der Waals surface area contributed by atoms with Gasteiger partial charge in [0.1, 0.15) is 11.6 Å². The van der Waals surface area contributed by atoms with Crippen LogP contribution in [0.4, 0.5) is 4.39 Å². The molecule has 1 atom stereocenters. The fourth-order valence-corrected chi connectivity index (χ4v) is 4.23. The number of carbonyl (C=O) groups is 1. The highest BCUT2D eigenvalue weighted by Crippen LogP contribution is 2.32. The number of amides is 1. The van der Waals surface area contributed by atoms with Crippen molar-refractivity contribution < 1.29 is 22.3 Å². The first-order valence-corrected chi connectivity index (χ1v) is 10.7. The van der Waals surface area contributed by atoms with Crippen molar-refractivity contribution in [2.75, 3.05) is 13.2 Å². The number of ether oxygens (including phenoxy) is 1. The summed E-state index contributed by atoms with van der Waals surface area (Å²) in [5, 5.41) is 2.98. The van der Waals surface area contributed by atoms with Gasteiger partial charge < -0.3 is 10.1 Å². The number of nitrogens with one attached hydrogen (secondary N) is 2. The second-order valence-corrected chi connectivity index (χ2v) is 8.38. The molecule has 0 saturated carbocycles. The molecular formula is C20H23FN2O4S. The third-order valence-corrected chi connectivity index (χ3v) is 6.08. The number of benzene rings is 2.